The maximum absolute atomic E-state index is 15.0. The number of alkyl halides is 3. The number of halogens is 4. The molecule has 2 aromatic heterocycles. The van der Waals surface area contributed by atoms with Crippen LogP contribution in [-0.4, -0.2) is 39.9 Å². The minimum absolute atomic E-state index is 0.0604. The van der Waals surface area contributed by atoms with Crippen molar-refractivity contribution < 1.29 is 41.7 Å². The summed E-state index contributed by atoms with van der Waals surface area (Å²) in [6.45, 7) is 5.80. The lowest BCUT2D eigenvalue weighted by atomic mass is 9.73. The predicted octanol–water partition coefficient (Wildman–Crippen LogP) is 6.96. The second-order valence-electron chi connectivity index (χ2n) is 12.8. The molecule has 0 bridgehead atoms. The number of benzene rings is 1. The highest BCUT2D eigenvalue weighted by Crippen LogP contribution is 2.62. The second-order valence-corrected chi connectivity index (χ2v) is 12.8. The normalized spacial score (nSPS) is 24.8. The van der Waals surface area contributed by atoms with E-state index in [4.69, 9.17) is 14.2 Å². The van der Waals surface area contributed by atoms with Crippen LogP contribution in [0.2, 0.25) is 0 Å². The minimum Gasteiger partial charge on any atom is -0.477 e. The van der Waals surface area contributed by atoms with E-state index < -0.39 is 23.2 Å². The Kier molecular flexibility index (Phi) is 8.26. The number of rotatable bonds is 11. The molecule has 2 heterocycles. The van der Waals surface area contributed by atoms with Gasteiger partial charge in [0.05, 0.1) is 30.3 Å². The quantitative estimate of drug-likeness (QED) is 0.140. The number of aromatic nitrogens is 2. The van der Waals surface area contributed by atoms with Gasteiger partial charge in [-0.2, -0.15) is 13.2 Å². The molecule has 2 saturated carbocycles. The molecule has 3 aliphatic rings. The number of aryl methyl sites for hydroxylation is 1. The number of hydrogen-bond donors (Lipinski definition) is 1. The maximum atomic E-state index is 15.0. The molecule has 0 amide bonds. The van der Waals surface area contributed by atoms with Crippen molar-refractivity contribution in [2.24, 2.45) is 17.8 Å². The number of fused-ring (bicyclic) bond motifs is 3. The van der Waals surface area contributed by atoms with Crippen molar-refractivity contribution in [3.05, 3.63) is 70.3 Å². The molecule has 0 spiro atoms. The summed E-state index contributed by atoms with van der Waals surface area (Å²) < 4.78 is 74.0. The van der Waals surface area contributed by atoms with E-state index in [1.807, 2.05) is 6.92 Å². The summed E-state index contributed by atoms with van der Waals surface area (Å²) in [5, 5.41) is 9.91. The Morgan fingerprint density at radius 3 is 2.58 bits per heavy atom. The first kappa shape index (κ1) is 31.3. The van der Waals surface area contributed by atoms with Crippen LogP contribution < -0.4 is 9.47 Å². The van der Waals surface area contributed by atoms with Crippen LogP contribution in [0.3, 0.4) is 0 Å². The zero-order valence-corrected chi connectivity index (χ0v) is 25.4. The van der Waals surface area contributed by atoms with E-state index in [9.17, 15) is 23.1 Å². The fraction of sp³-hybridized carbons (Fsp3) is 0.500. The molecule has 11 heteroatoms. The Morgan fingerprint density at radius 1 is 1.11 bits per heavy atom. The molecule has 1 N–H and O–H groups in total. The van der Waals surface area contributed by atoms with Gasteiger partial charge in [-0.3, -0.25) is 4.79 Å². The van der Waals surface area contributed by atoms with Crippen molar-refractivity contribution >= 4 is 5.97 Å². The van der Waals surface area contributed by atoms with Crippen LogP contribution in [0.15, 0.2) is 36.5 Å². The molecule has 1 aromatic carbocycles. The Labute approximate surface area is 258 Å². The second kappa shape index (κ2) is 11.9. The number of carbonyl (C=O) groups excluding carboxylic acids is 1. The first-order chi connectivity index (χ1) is 21.3. The van der Waals surface area contributed by atoms with Crippen LogP contribution >= 0.6 is 0 Å². The number of carbonyl (C=O) groups is 1. The van der Waals surface area contributed by atoms with Gasteiger partial charge in [0.15, 0.2) is 0 Å². The van der Waals surface area contributed by atoms with E-state index in [0.717, 1.165) is 30.0 Å². The average molecular weight is 629 g/mol. The van der Waals surface area contributed by atoms with Crippen LogP contribution in [0.5, 0.6) is 11.8 Å². The molecule has 240 valence electrons. The van der Waals surface area contributed by atoms with Crippen LogP contribution in [0.1, 0.15) is 73.4 Å². The summed E-state index contributed by atoms with van der Waals surface area (Å²) in [5.41, 5.74) is 0.378. The number of pyridine rings is 2. The SMILES string of the molecule is CCCCOC(=O)[C@H]1[C@@H]2Cc3cc(OCc4cc(-c5ccc(OCC6CC(C)(O)C6)nc5C)c(C(F)(F)F)cc4F)ncc3[C@@H]21. The topological polar surface area (TPSA) is 90.8 Å². The number of ether oxygens (including phenoxy) is 3. The van der Waals surface area contributed by atoms with E-state index in [1.165, 1.54) is 12.1 Å². The first-order valence-electron chi connectivity index (χ1n) is 15.4. The van der Waals surface area contributed by atoms with Crippen molar-refractivity contribution in [1.29, 1.82) is 0 Å². The minimum atomic E-state index is -4.80. The summed E-state index contributed by atoms with van der Waals surface area (Å²) in [7, 11) is 0. The molecular weight excluding hydrogens is 592 g/mol. The third kappa shape index (κ3) is 6.50. The number of unbranched alkanes of at least 4 members (excludes halogenated alkanes) is 1. The van der Waals surface area contributed by atoms with Gasteiger partial charge in [-0.05, 0) is 86.3 Å². The van der Waals surface area contributed by atoms with Crippen LogP contribution in [0.25, 0.3) is 11.1 Å². The molecule has 0 saturated heterocycles. The number of aliphatic hydroxyl groups is 1. The van der Waals surface area contributed by atoms with Gasteiger partial charge in [-0.1, -0.05) is 13.3 Å². The smallest absolute Gasteiger partial charge is 0.417 e. The molecule has 3 atom stereocenters. The van der Waals surface area contributed by atoms with E-state index in [2.05, 4.69) is 9.97 Å². The van der Waals surface area contributed by atoms with E-state index in [-0.39, 0.29) is 64.7 Å². The van der Waals surface area contributed by atoms with Crippen molar-refractivity contribution in [1.82, 2.24) is 9.97 Å². The molecule has 7 nitrogen and oxygen atoms in total. The van der Waals surface area contributed by atoms with Gasteiger partial charge < -0.3 is 19.3 Å². The van der Waals surface area contributed by atoms with Crippen molar-refractivity contribution in [2.75, 3.05) is 13.2 Å². The molecule has 2 fully saturated rings. The summed E-state index contributed by atoms with van der Waals surface area (Å²) in [6.07, 6.45) is 0.535. The van der Waals surface area contributed by atoms with Gasteiger partial charge in [0.2, 0.25) is 11.8 Å². The van der Waals surface area contributed by atoms with E-state index in [0.29, 0.717) is 44.2 Å². The molecule has 3 aromatic rings. The van der Waals surface area contributed by atoms with Crippen molar-refractivity contribution in [3.8, 4) is 22.9 Å². The van der Waals surface area contributed by atoms with Gasteiger partial charge in [0, 0.05) is 41.1 Å². The fourth-order valence-corrected chi connectivity index (χ4v) is 6.83. The highest BCUT2D eigenvalue weighted by Gasteiger charge is 2.60. The number of nitrogens with zero attached hydrogens (tertiary/aromatic N) is 2. The highest BCUT2D eigenvalue weighted by molar-refractivity contribution is 5.79. The van der Waals surface area contributed by atoms with E-state index >= 15 is 4.39 Å². The van der Waals surface area contributed by atoms with Crippen LogP contribution in [-0.2, 0) is 28.7 Å². The monoisotopic (exact) mass is 628 g/mol. The largest absolute Gasteiger partial charge is 0.477 e. The van der Waals surface area contributed by atoms with Gasteiger partial charge in [0.1, 0.15) is 12.4 Å². The van der Waals surface area contributed by atoms with E-state index in [1.54, 1.807) is 26.1 Å². The Morgan fingerprint density at radius 2 is 1.89 bits per heavy atom. The molecule has 0 radical (unpaired) electrons. The van der Waals surface area contributed by atoms with Crippen LogP contribution in [0, 0.1) is 30.5 Å². The average Bonchev–Trinajstić information content (AvgIpc) is 3.55. The Balaban J connectivity index is 1.15. The van der Waals surface area contributed by atoms with Crippen molar-refractivity contribution in [2.45, 2.75) is 77.2 Å². The molecule has 3 aliphatic carbocycles. The maximum Gasteiger partial charge on any atom is 0.417 e. The highest BCUT2D eigenvalue weighted by atomic mass is 19.4. The van der Waals surface area contributed by atoms with Gasteiger partial charge in [-0.15, -0.1) is 0 Å². The summed E-state index contributed by atoms with van der Waals surface area (Å²) in [5.74, 6) is -0.443. The molecule has 6 rings (SSSR count). The summed E-state index contributed by atoms with van der Waals surface area (Å²) >= 11 is 0. The third-order valence-electron chi connectivity index (χ3n) is 9.14. The van der Waals surface area contributed by atoms with Gasteiger partial charge >= 0.3 is 12.1 Å². The van der Waals surface area contributed by atoms with Crippen LogP contribution in [0.4, 0.5) is 17.6 Å². The lowest BCUT2D eigenvalue weighted by molar-refractivity contribution is -0.146. The first-order valence-corrected chi connectivity index (χ1v) is 15.4. The number of esters is 1. The lowest BCUT2D eigenvalue weighted by Crippen LogP contribution is -2.43. The molecule has 45 heavy (non-hydrogen) atoms. The third-order valence-corrected chi connectivity index (χ3v) is 9.14. The molecule has 0 aliphatic heterocycles. The molecular formula is C34H36F4N2O5. The standard InChI is InChI=1S/C34H36F4N2O5/c1-4-5-8-43-32(41)31-24-9-20-11-29(39-15-25(20)30(24)31)45-17-21-10-23(26(12-27(21)35)34(36,37)38)22-6-7-28(40-18(22)2)44-16-19-13-33(3,42)14-19/h6-7,10-12,15,19,24,30-31,42H,4-5,8-9,13-14,16-17H2,1-3H3/t19?,24-,30-,31+,33?/m1/s1. The fourth-order valence-electron chi connectivity index (χ4n) is 6.83. The van der Waals surface area contributed by atoms with Crippen molar-refractivity contribution in [3.63, 3.8) is 0 Å². The Bertz CT molecular complexity index is 1600. The summed E-state index contributed by atoms with van der Waals surface area (Å²) in [6, 6.07) is 6.37. The zero-order chi connectivity index (χ0) is 32.1. The van der Waals surface area contributed by atoms with Gasteiger partial charge in [-0.25, -0.2) is 14.4 Å². The Hall–Kier alpha value is -3.73. The summed E-state index contributed by atoms with van der Waals surface area (Å²) in [4.78, 5) is 21.1. The molecule has 0 unspecified atom stereocenters. The lowest BCUT2D eigenvalue weighted by Gasteiger charge is -2.40. The zero-order valence-electron chi connectivity index (χ0n) is 25.4. The number of hydrogen-bond acceptors (Lipinski definition) is 7. The predicted molar refractivity (Wildman–Crippen MR) is 156 cm³/mol. The van der Waals surface area contributed by atoms with Gasteiger partial charge in [0.25, 0.3) is 0 Å².